The molecule has 5 heteroatoms. The standard InChI is InChI=1S/C15H14O4S/c1-9(16)19-15-14-10(12(17)8-18-15)4-2-5-11(14)13-6-3-7-20-13/h2-7,11,14-15H,8H2,1H3/t11-,14-,15-/m0/s1. The molecule has 1 aromatic rings. The lowest BCUT2D eigenvalue weighted by atomic mass is 9.78. The first kappa shape index (κ1) is 13.3. The molecule has 2 heterocycles. The van der Waals surface area contributed by atoms with Gasteiger partial charge in [0.05, 0.1) is 5.92 Å². The fraction of sp³-hybridized carbons (Fsp3) is 0.333. The van der Waals surface area contributed by atoms with Crippen LogP contribution in [0.25, 0.3) is 0 Å². The number of fused-ring (bicyclic) bond motifs is 1. The summed E-state index contributed by atoms with van der Waals surface area (Å²) in [5, 5.41) is 1.99. The lowest BCUT2D eigenvalue weighted by Gasteiger charge is -2.37. The minimum atomic E-state index is -0.700. The number of carbonyl (C=O) groups is 2. The molecule has 0 N–H and O–H groups in total. The zero-order chi connectivity index (χ0) is 14.1. The highest BCUT2D eigenvalue weighted by Gasteiger charge is 2.42. The number of ether oxygens (including phenoxy) is 2. The van der Waals surface area contributed by atoms with Gasteiger partial charge in [-0.15, -0.1) is 11.3 Å². The Kier molecular flexibility index (Phi) is 3.54. The molecular weight excluding hydrogens is 276 g/mol. The van der Waals surface area contributed by atoms with E-state index in [1.54, 1.807) is 17.4 Å². The molecule has 0 radical (unpaired) electrons. The SMILES string of the molecule is CC(=O)O[C@@H]1OCC(=O)C2=CC=C[C@@H](c3cccs3)[C@H]21. The van der Waals surface area contributed by atoms with Gasteiger partial charge in [-0.25, -0.2) is 0 Å². The molecule has 4 nitrogen and oxygen atoms in total. The van der Waals surface area contributed by atoms with Gasteiger partial charge in [0.15, 0.2) is 5.78 Å². The first-order chi connectivity index (χ1) is 9.66. The molecule has 1 saturated heterocycles. The smallest absolute Gasteiger partial charge is 0.304 e. The van der Waals surface area contributed by atoms with E-state index in [2.05, 4.69) is 0 Å². The van der Waals surface area contributed by atoms with Crippen LogP contribution in [-0.2, 0) is 19.1 Å². The van der Waals surface area contributed by atoms with Gasteiger partial charge in [0, 0.05) is 23.3 Å². The minimum Gasteiger partial charge on any atom is -0.435 e. The van der Waals surface area contributed by atoms with Gasteiger partial charge in [-0.1, -0.05) is 24.3 Å². The average molecular weight is 290 g/mol. The minimum absolute atomic E-state index is 0.00333. The van der Waals surface area contributed by atoms with Crippen LogP contribution in [0.15, 0.2) is 41.3 Å². The van der Waals surface area contributed by atoms with Crippen molar-refractivity contribution in [1.29, 1.82) is 0 Å². The quantitative estimate of drug-likeness (QED) is 0.785. The highest BCUT2D eigenvalue weighted by Crippen LogP contribution is 2.42. The summed E-state index contributed by atoms with van der Waals surface area (Å²) >= 11 is 1.62. The zero-order valence-electron chi connectivity index (χ0n) is 10.9. The van der Waals surface area contributed by atoms with Crippen molar-refractivity contribution in [3.8, 4) is 0 Å². The van der Waals surface area contributed by atoms with Crippen LogP contribution in [0, 0.1) is 5.92 Å². The van der Waals surface area contributed by atoms with Gasteiger partial charge < -0.3 is 9.47 Å². The third kappa shape index (κ3) is 2.34. The number of hydrogen-bond donors (Lipinski definition) is 0. The van der Waals surface area contributed by atoms with E-state index in [0.29, 0.717) is 5.57 Å². The molecule has 0 spiro atoms. The van der Waals surface area contributed by atoms with E-state index in [1.807, 2.05) is 29.7 Å². The fourth-order valence-corrected chi connectivity index (χ4v) is 3.52. The summed E-state index contributed by atoms with van der Waals surface area (Å²) in [6.07, 6.45) is 5.02. The molecule has 104 valence electrons. The number of carbonyl (C=O) groups excluding carboxylic acids is 2. The van der Waals surface area contributed by atoms with Gasteiger partial charge in [0.1, 0.15) is 6.61 Å². The second-order valence-corrected chi connectivity index (χ2v) is 5.77. The Bertz CT molecular complexity index is 585. The van der Waals surface area contributed by atoms with E-state index >= 15 is 0 Å². The van der Waals surface area contributed by atoms with Gasteiger partial charge in [0.25, 0.3) is 0 Å². The van der Waals surface area contributed by atoms with E-state index in [0.717, 1.165) is 4.88 Å². The molecule has 0 amide bonds. The fourth-order valence-electron chi connectivity index (χ4n) is 2.67. The Morgan fingerprint density at radius 2 is 2.35 bits per heavy atom. The summed E-state index contributed by atoms with van der Waals surface area (Å²) in [5.74, 6) is -0.695. The highest BCUT2D eigenvalue weighted by molar-refractivity contribution is 7.10. The Morgan fingerprint density at radius 3 is 3.05 bits per heavy atom. The molecule has 1 aromatic heterocycles. The van der Waals surface area contributed by atoms with Crippen LogP contribution >= 0.6 is 11.3 Å². The number of allylic oxidation sites excluding steroid dienone is 3. The number of thiophene rings is 1. The molecule has 0 unspecified atom stereocenters. The van der Waals surface area contributed by atoms with E-state index in [4.69, 9.17) is 9.47 Å². The van der Waals surface area contributed by atoms with Crippen molar-refractivity contribution in [2.24, 2.45) is 5.92 Å². The van der Waals surface area contributed by atoms with Crippen molar-refractivity contribution in [3.05, 3.63) is 46.2 Å². The molecule has 20 heavy (non-hydrogen) atoms. The Hall–Kier alpha value is -1.72. The maximum atomic E-state index is 12.0. The van der Waals surface area contributed by atoms with E-state index in [9.17, 15) is 9.59 Å². The third-order valence-corrected chi connectivity index (χ3v) is 4.46. The molecule has 1 aliphatic carbocycles. The Labute approximate surface area is 120 Å². The summed E-state index contributed by atoms with van der Waals surface area (Å²) in [7, 11) is 0. The lowest BCUT2D eigenvalue weighted by molar-refractivity contribution is -0.194. The summed E-state index contributed by atoms with van der Waals surface area (Å²) in [6.45, 7) is 1.31. The topological polar surface area (TPSA) is 52.6 Å². The van der Waals surface area contributed by atoms with Gasteiger partial charge in [-0.2, -0.15) is 0 Å². The van der Waals surface area contributed by atoms with Crippen LogP contribution < -0.4 is 0 Å². The summed E-state index contributed by atoms with van der Waals surface area (Å²) in [5.41, 5.74) is 0.684. The highest BCUT2D eigenvalue weighted by atomic mass is 32.1. The molecule has 1 fully saturated rings. The van der Waals surface area contributed by atoms with Crippen molar-refractivity contribution >= 4 is 23.1 Å². The Balaban J connectivity index is 1.97. The van der Waals surface area contributed by atoms with Gasteiger partial charge >= 0.3 is 5.97 Å². The molecule has 1 aliphatic heterocycles. The van der Waals surface area contributed by atoms with Crippen LogP contribution in [-0.4, -0.2) is 24.6 Å². The van der Waals surface area contributed by atoms with Crippen LogP contribution in [0.3, 0.4) is 0 Å². The number of rotatable bonds is 2. The number of Topliss-reactive ketones (excluding diaryl/α,β-unsaturated/α-hetero) is 1. The zero-order valence-corrected chi connectivity index (χ0v) is 11.8. The van der Waals surface area contributed by atoms with Crippen molar-refractivity contribution in [2.45, 2.75) is 19.1 Å². The van der Waals surface area contributed by atoms with E-state index < -0.39 is 12.3 Å². The van der Waals surface area contributed by atoms with Crippen LogP contribution in [0.4, 0.5) is 0 Å². The predicted octanol–water partition coefficient (Wildman–Crippen LogP) is 2.43. The van der Waals surface area contributed by atoms with Crippen LogP contribution in [0.2, 0.25) is 0 Å². The largest absolute Gasteiger partial charge is 0.435 e. The number of esters is 1. The number of hydrogen-bond acceptors (Lipinski definition) is 5. The molecule has 2 aliphatic rings. The second-order valence-electron chi connectivity index (χ2n) is 4.79. The predicted molar refractivity (Wildman–Crippen MR) is 74.3 cm³/mol. The van der Waals surface area contributed by atoms with Crippen molar-refractivity contribution in [1.82, 2.24) is 0 Å². The van der Waals surface area contributed by atoms with Gasteiger partial charge in [-0.3, -0.25) is 9.59 Å². The van der Waals surface area contributed by atoms with Crippen LogP contribution in [0.5, 0.6) is 0 Å². The average Bonchev–Trinajstić information content (AvgIpc) is 2.95. The molecule has 0 saturated carbocycles. The van der Waals surface area contributed by atoms with Crippen LogP contribution in [0.1, 0.15) is 17.7 Å². The number of ketones is 1. The van der Waals surface area contributed by atoms with E-state index in [1.165, 1.54) is 6.92 Å². The summed E-state index contributed by atoms with van der Waals surface area (Å²) in [6, 6.07) is 3.99. The summed E-state index contributed by atoms with van der Waals surface area (Å²) in [4.78, 5) is 24.4. The maximum absolute atomic E-state index is 12.0. The van der Waals surface area contributed by atoms with E-state index in [-0.39, 0.29) is 24.2 Å². The molecular formula is C15H14O4S. The third-order valence-electron chi connectivity index (χ3n) is 3.49. The van der Waals surface area contributed by atoms with Crippen molar-refractivity contribution < 1.29 is 19.1 Å². The lowest BCUT2D eigenvalue weighted by Crippen LogP contribution is -2.42. The molecule has 3 rings (SSSR count). The molecule has 3 atom stereocenters. The van der Waals surface area contributed by atoms with Gasteiger partial charge in [0.2, 0.25) is 6.29 Å². The van der Waals surface area contributed by atoms with Crippen molar-refractivity contribution in [2.75, 3.05) is 6.61 Å². The maximum Gasteiger partial charge on any atom is 0.304 e. The second kappa shape index (κ2) is 5.34. The Morgan fingerprint density at radius 1 is 1.50 bits per heavy atom. The molecule has 0 bridgehead atoms. The van der Waals surface area contributed by atoms with Crippen molar-refractivity contribution in [3.63, 3.8) is 0 Å². The normalized spacial score (nSPS) is 28.8. The molecule has 0 aromatic carbocycles. The van der Waals surface area contributed by atoms with Gasteiger partial charge in [-0.05, 0) is 11.4 Å². The first-order valence-corrected chi connectivity index (χ1v) is 7.28. The first-order valence-electron chi connectivity index (χ1n) is 6.40. The monoisotopic (exact) mass is 290 g/mol. The summed E-state index contributed by atoms with van der Waals surface area (Å²) < 4.78 is 10.7.